The van der Waals surface area contributed by atoms with Crippen LogP contribution in [0.25, 0.3) is 0 Å². The van der Waals surface area contributed by atoms with E-state index in [1.54, 1.807) is 7.11 Å². The topological polar surface area (TPSA) is 29.5 Å². The number of amides is 1. The highest BCUT2D eigenvalue weighted by atomic mass is 16.5. The molecule has 2 aromatic rings. The lowest BCUT2D eigenvalue weighted by molar-refractivity contribution is 0.0551. The number of benzene rings is 2. The van der Waals surface area contributed by atoms with Crippen molar-refractivity contribution in [2.75, 3.05) is 7.11 Å². The molecule has 0 spiro atoms. The average molecular weight is 295 g/mol. The van der Waals surface area contributed by atoms with Crippen LogP contribution in [0.15, 0.2) is 48.5 Å². The van der Waals surface area contributed by atoms with E-state index in [4.69, 9.17) is 4.74 Å². The largest absolute Gasteiger partial charge is 0.496 e. The van der Waals surface area contributed by atoms with Crippen molar-refractivity contribution >= 4 is 5.91 Å². The first-order chi connectivity index (χ1) is 10.4. The molecule has 1 unspecified atom stereocenters. The molecule has 1 atom stereocenters. The Morgan fingerprint density at radius 2 is 1.68 bits per heavy atom. The Balaban J connectivity index is 2.26. The molecule has 1 heterocycles. The minimum Gasteiger partial charge on any atom is -0.496 e. The van der Waals surface area contributed by atoms with E-state index in [2.05, 4.69) is 32.9 Å². The molecule has 1 amide bonds. The number of methoxy groups -OCH3 is 1. The van der Waals surface area contributed by atoms with Crippen molar-refractivity contribution < 1.29 is 9.53 Å². The van der Waals surface area contributed by atoms with Gasteiger partial charge in [0.25, 0.3) is 5.91 Å². The van der Waals surface area contributed by atoms with Crippen LogP contribution in [0.5, 0.6) is 5.75 Å². The number of ether oxygens (including phenoxy) is 1. The van der Waals surface area contributed by atoms with Gasteiger partial charge in [0.2, 0.25) is 0 Å². The fourth-order valence-corrected chi connectivity index (χ4v) is 3.21. The van der Waals surface area contributed by atoms with Crippen LogP contribution in [-0.4, -0.2) is 23.5 Å². The minimum atomic E-state index is -0.276. The molecule has 0 bridgehead atoms. The maximum atomic E-state index is 13.0. The van der Waals surface area contributed by atoms with Crippen LogP contribution in [0.2, 0.25) is 0 Å². The Labute approximate surface area is 131 Å². The lowest BCUT2D eigenvalue weighted by Crippen LogP contribution is -2.44. The Hall–Kier alpha value is -2.29. The molecule has 1 aliphatic heterocycles. The number of fused-ring (bicyclic) bond motifs is 1. The maximum absolute atomic E-state index is 13.0. The summed E-state index contributed by atoms with van der Waals surface area (Å²) in [6.07, 6.45) is 0. The molecule has 2 aromatic carbocycles. The van der Waals surface area contributed by atoms with Gasteiger partial charge in [-0.2, -0.15) is 0 Å². The third-order valence-electron chi connectivity index (χ3n) is 4.10. The fraction of sp³-hybridized carbons (Fsp3) is 0.316. The predicted molar refractivity (Wildman–Crippen MR) is 87.2 cm³/mol. The van der Waals surface area contributed by atoms with E-state index in [1.807, 2.05) is 41.3 Å². The first-order valence-corrected chi connectivity index (χ1v) is 7.50. The standard InChI is InChI=1S/C19H21NO2/c1-19(2,3)20-17(13-9-6-5-7-10-13)16-14(18(20)21)11-8-12-15(16)22-4/h5-12,17H,1-4H3. The van der Waals surface area contributed by atoms with Crippen LogP contribution in [0.3, 0.4) is 0 Å². The summed E-state index contributed by atoms with van der Waals surface area (Å²) in [5.74, 6) is 0.835. The number of hydrogen-bond donors (Lipinski definition) is 0. The normalized spacial score (nSPS) is 17.5. The Morgan fingerprint density at radius 3 is 2.27 bits per heavy atom. The fourth-order valence-electron chi connectivity index (χ4n) is 3.21. The van der Waals surface area contributed by atoms with Gasteiger partial charge >= 0.3 is 0 Å². The summed E-state index contributed by atoms with van der Waals surface area (Å²) < 4.78 is 5.54. The van der Waals surface area contributed by atoms with Crippen molar-refractivity contribution in [1.29, 1.82) is 0 Å². The van der Waals surface area contributed by atoms with Gasteiger partial charge in [-0.3, -0.25) is 4.79 Å². The SMILES string of the molecule is COc1cccc2c1C(c1ccccc1)N(C(C)(C)C)C2=O. The van der Waals surface area contributed by atoms with Crippen LogP contribution in [-0.2, 0) is 0 Å². The van der Waals surface area contributed by atoms with Gasteiger partial charge in [0.1, 0.15) is 5.75 Å². The molecule has 1 aliphatic rings. The van der Waals surface area contributed by atoms with Gasteiger partial charge in [-0.05, 0) is 38.5 Å². The molecule has 0 saturated heterocycles. The molecule has 0 N–H and O–H groups in total. The lowest BCUT2D eigenvalue weighted by atomic mass is 9.94. The number of carbonyl (C=O) groups excluding carboxylic acids is 1. The summed E-state index contributed by atoms with van der Waals surface area (Å²) in [5, 5.41) is 0. The molecule has 114 valence electrons. The summed E-state index contributed by atoms with van der Waals surface area (Å²) in [6.45, 7) is 6.21. The highest BCUT2D eigenvalue weighted by Crippen LogP contribution is 2.46. The monoisotopic (exact) mass is 295 g/mol. The first-order valence-electron chi connectivity index (χ1n) is 7.50. The molecular weight excluding hydrogens is 274 g/mol. The van der Waals surface area contributed by atoms with E-state index >= 15 is 0 Å². The van der Waals surface area contributed by atoms with Crippen molar-refractivity contribution in [2.24, 2.45) is 0 Å². The van der Waals surface area contributed by atoms with E-state index in [0.29, 0.717) is 0 Å². The van der Waals surface area contributed by atoms with Crippen molar-refractivity contribution in [3.63, 3.8) is 0 Å². The number of nitrogens with zero attached hydrogens (tertiary/aromatic N) is 1. The first kappa shape index (κ1) is 14.6. The quantitative estimate of drug-likeness (QED) is 0.837. The zero-order valence-corrected chi connectivity index (χ0v) is 13.5. The Morgan fingerprint density at radius 1 is 1.00 bits per heavy atom. The second kappa shape index (κ2) is 5.16. The molecule has 0 fully saturated rings. The van der Waals surface area contributed by atoms with Crippen LogP contribution in [0.1, 0.15) is 48.3 Å². The van der Waals surface area contributed by atoms with E-state index in [0.717, 1.165) is 22.4 Å². The smallest absolute Gasteiger partial charge is 0.255 e. The molecule has 0 aromatic heterocycles. The zero-order valence-electron chi connectivity index (χ0n) is 13.5. The number of carbonyl (C=O) groups is 1. The van der Waals surface area contributed by atoms with Crippen molar-refractivity contribution in [3.05, 3.63) is 65.2 Å². The van der Waals surface area contributed by atoms with Crippen molar-refractivity contribution in [1.82, 2.24) is 4.90 Å². The van der Waals surface area contributed by atoms with E-state index < -0.39 is 0 Å². The Bertz CT molecular complexity index is 701. The van der Waals surface area contributed by atoms with Crippen LogP contribution >= 0.6 is 0 Å². The van der Waals surface area contributed by atoms with E-state index in [9.17, 15) is 4.79 Å². The average Bonchev–Trinajstić information content (AvgIpc) is 2.81. The summed E-state index contributed by atoms with van der Waals surface area (Å²) in [6, 6.07) is 15.7. The van der Waals surface area contributed by atoms with Crippen LogP contribution < -0.4 is 4.74 Å². The molecular formula is C19H21NO2. The van der Waals surface area contributed by atoms with Gasteiger partial charge in [-0.25, -0.2) is 0 Å². The molecule has 3 nitrogen and oxygen atoms in total. The van der Waals surface area contributed by atoms with Gasteiger partial charge in [0, 0.05) is 16.7 Å². The van der Waals surface area contributed by atoms with Gasteiger partial charge in [0.15, 0.2) is 0 Å². The Kier molecular flexibility index (Phi) is 3.44. The molecule has 0 aliphatic carbocycles. The highest BCUT2D eigenvalue weighted by molar-refractivity contribution is 6.01. The molecule has 0 saturated carbocycles. The number of hydrogen-bond acceptors (Lipinski definition) is 2. The van der Waals surface area contributed by atoms with Crippen LogP contribution in [0, 0.1) is 0 Å². The summed E-state index contributed by atoms with van der Waals surface area (Å²) in [4.78, 5) is 14.9. The second-order valence-electron chi connectivity index (χ2n) is 6.58. The van der Waals surface area contributed by atoms with Crippen LogP contribution in [0.4, 0.5) is 0 Å². The van der Waals surface area contributed by atoms with Gasteiger partial charge in [-0.1, -0.05) is 36.4 Å². The number of rotatable bonds is 2. The van der Waals surface area contributed by atoms with Gasteiger partial charge < -0.3 is 9.64 Å². The summed E-state index contributed by atoms with van der Waals surface area (Å²) >= 11 is 0. The molecule has 3 rings (SSSR count). The molecule has 0 radical (unpaired) electrons. The van der Waals surface area contributed by atoms with E-state index in [-0.39, 0.29) is 17.5 Å². The minimum absolute atomic E-state index is 0.0650. The molecule has 22 heavy (non-hydrogen) atoms. The van der Waals surface area contributed by atoms with Gasteiger partial charge in [0.05, 0.1) is 13.2 Å². The maximum Gasteiger partial charge on any atom is 0.255 e. The van der Waals surface area contributed by atoms with E-state index in [1.165, 1.54) is 0 Å². The van der Waals surface area contributed by atoms with Gasteiger partial charge in [-0.15, -0.1) is 0 Å². The highest BCUT2D eigenvalue weighted by Gasteiger charge is 2.44. The predicted octanol–water partition coefficient (Wildman–Crippen LogP) is 4.04. The second-order valence-corrected chi connectivity index (χ2v) is 6.58. The summed E-state index contributed by atoms with van der Waals surface area (Å²) in [5.41, 5.74) is 2.54. The van der Waals surface area contributed by atoms with Crippen molar-refractivity contribution in [3.8, 4) is 5.75 Å². The third-order valence-corrected chi connectivity index (χ3v) is 4.10. The summed E-state index contributed by atoms with van der Waals surface area (Å²) in [7, 11) is 1.65. The van der Waals surface area contributed by atoms with Crippen molar-refractivity contribution in [2.45, 2.75) is 32.4 Å². The third kappa shape index (κ3) is 2.17. The zero-order chi connectivity index (χ0) is 15.9. The molecule has 3 heteroatoms. The lowest BCUT2D eigenvalue weighted by Gasteiger charge is -2.37.